The lowest BCUT2D eigenvalue weighted by Crippen LogP contribution is -2.52. The van der Waals surface area contributed by atoms with E-state index >= 15 is 0 Å². The molecule has 0 amide bonds. The minimum atomic E-state index is -1.27. The van der Waals surface area contributed by atoms with Crippen LogP contribution in [0.15, 0.2) is 40.1 Å². The van der Waals surface area contributed by atoms with E-state index in [9.17, 15) is 29.7 Å². The largest absolute Gasteiger partial charge is 0.492 e. The highest BCUT2D eigenvalue weighted by atomic mass is 16.6. The molecule has 2 fully saturated rings. The molecule has 306 valence electrons. The van der Waals surface area contributed by atoms with Crippen LogP contribution >= 0.6 is 0 Å². The monoisotopic (exact) mass is 786 g/mol. The number of hydrogen-bond donors (Lipinski definition) is 3. The molecule has 3 atom stereocenters. The molecule has 7 rings (SSSR count). The summed E-state index contributed by atoms with van der Waals surface area (Å²) in [7, 11) is 1.70. The average molecular weight is 787 g/mol. The highest BCUT2D eigenvalue weighted by Gasteiger charge is 2.49. The molecule has 0 radical (unpaired) electrons. The Morgan fingerprint density at radius 2 is 1.91 bits per heavy atom. The minimum Gasteiger partial charge on any atom is -0.492 e. The molecule has 13 heteroatoms. The zero-order valence-electron chi connectivity index (χ0n) is 33.1. The highest BCUT2D eigenvalue weighted by Crippen LogP contribution is 2.57. The Hall–Kier alpha value is -4.40. The number of ether oxygens (including phenoxy) is 5. The fraction of sp³-hybridized carbons (Fsp3) is 0.545. The number of carbonyl (C=O) groups excluding carboxylic acids is 3. The summed E-state index contributed by atoms with van der Waals surface area (Å²) in [5.74, 6) is -1.03. The Balaban J connectivity index is 1.34. The van der Waals surface area contributed by atoms with Crippen LogP contribution in [-0.2, 0) is 36.9 Å². The van der Waals surface area contributed by atoms with Crippen molar-refractivity contribution in [3.05, 3.63) is 67.9 Å². The molecule has 1 saturated heterocycles. The number of methoxy groups -OCH3 is 1. The van der Waals surface area contributed by atoms with Gasteiger partial charge in [0.1, 0.15) is 34.7 Å². The second-order valence-corrected chi connectivity index (χ2v) is 15.6. The van der Waals surface area contributed by atoms with Gasteiger partial charge in [-0.1, -0.05) is 17.7 Å². The number of fused-ring (bicyclic) bond motifs is 3. The number of carbonyl (C=O) groups is 3. The van der Waals surface area contributed by atoms with Gasteiger partial charge in [-0.25, -0.2) is 4.79 Å². The molecule has 57 heavy (non-hydrogen) atoms. The number of aliphatic hydroxyl groups excluding tert-OH is 2. The Kier molecular flexibility index (Phi) is 12.6. The lowest BCUT2D eigenvalue weighted by molar-refractivity contribution is -0.141. The first-order valence-corrected chi connectivity index (χ1v) is 20.3. The van der Waals surface area contributed by atoms with Gasteiger partial charge in [-0.2, -0.15) is 0 Å². The summed E-state index contributed by atoms with van der Waals surface area (Å²) >= 11 is 0. The van der Waals surface area contributed by atoms with Crippen LogP contribution in [0.3, 0.4) is 0 Å². The number of esters is 1. The summed E-state index contributed by atoms with van der Waals surface area (Å²) in [4.78, 5) is 47.4. The van der Waals surface area contributed by atoms with E-state index in [-0.39, 0.29) is 79.2 Å². The summed E-state index contributed by atoms with van der Waals surface area (Å²) < 4.78 is 30.1. The maximum absolute atomic E-state index is 13.6. The van der Waals surface area contributed by atoms with E-state index in [1.165, 1.54) is 0 Å². The van der Waals surface area contributed by atoms with Crippen molar-refractivity contribution in [3.8, 4) is 17.2 Å². The molecule has 0 spiro atoms. The topological polar surface area (TPSA) is 174 Å². The number of Topliss-reactive ketones (excluding diaryl/α,β-unsaturated/α-hetero) is 1. The zero-order valence-corrected chi connectivity index (χ0v) is 33.1. The molecule has 2 aromatic rings. The van der Waals surface area contributed by atoms with Crippen molar-refractivity contribution < 1.29 is 53.4 Å². The van der Waals surface area contributed by atoms with Crippen molar-refractivity contribution in [2.24, 2.45) is 10.9 Å². The van der Waals surface area contributed by atoms with Crippen molar-refractivity contribution in [3.63, 3.8) is 0 Å². The summed E-state index contributed by atoms with van der Waals surface area (Å²) in [6.45, 7) is 6.76. The second-order valence-electron chi connectivity index (χ2n) is 15.6. The maximum Gasteiger partial charge on any atom is 0.375 e. The van der Waals surface area contributed by atoms with E-state index in [4.69, 9.17) is 23.7 Å². The number of likely N-dealkylation sites (tertiary alicyclic amines) is 1. The predicted molar refractivity (Wildman–Crippen MR) is 209 cm³/mol. The van der Waals surface area contributed by atoms with Gasteiger partial charge in [0.05, 0.1) is 48.4 Å². The van der Waals surface area contributed by atoms with E-state index in [2.05, 4.69) is 9.89 Å². The molecule has 4 heterocycles. The van der Waals surface area contributed by atoms with Gasteiger partial charge in [0.25, 0.3) is 0 Å². The number of piperidine rings is 1. The second kappa shape index (κ2) is 17.6. The van der Waals surface area contributed by atoms with Crippen LogP contribution in [0, 0.1) is 5.92 Å². The molecule has 3 unspecified atom stereocenters. The third-order valence-electron chi connectivity index (χ3n) is 12.2. The number of hydrogen-bond acceptors (Lipinski definition) is 13. The number of aldehydes is 1. The minimum absolute atomic E-state index is 0.0212. The lowest BCUT2D eigenvalue weighted by Gasteiger charge is -2.42. The predicted octanol–water partition coefficient (Wildman–Crippen LogP) is 2.86. The van der Waals surface area contributed by atoms with E-state index in [0.29, 0.717) is 54.7 Å². The first-order valence-electron chi connectivity index (χ1n) is 20.3. The standard InChI is InChI=1S/C44H54N2O11/c1-4-54-43(51)42-32(24-48)37(28-8-10-35(50)30(22-28)26-7-9-34-27(21-26)11-14-45-34)38-40(55-20-6-18-47)31-23-36(56-39(31)33(25-49)41(38)57-42)44(2,52)29-12-16-46(17-13-29)15-5-19-53-3/h7,9,11,21,24,29-30,36,47,49,52H,4-6,8,10,12-20,22-23,25H2,1-3H3. The molecule has 1 saturated carbocycles. The van der Waals surface area contributed by atoms with Gasteiger partial charge < -0.3 is 43.9 Å². The fourth-order valence-electron chi connectivity index (χ4n) is 9.15. The van der Waals surface area contributed by atoms with Crippen LogP contribution in [0.1, 0.15) is 87.0 Å². The van der Waals surface area contributed by atoms with Crippen LogP contribution in [0.5, 0.6) is 17.2 Å². The maximum atomic E-state index is 13.6. The molecule has 3 N–H and O–H groups in total. The van der Waals surface area contributed by atoms with Crippen LogP contribution in [0.4, 0.5) is 0 Å². The number of rotatable bonds is 15. The zero-order chi connectivity index (χ0) is 40.3. The Labute approximate surface area is 332 Å². The van der Waals surface area contributed by atoms with Crippen molar-refractivity contribution in [2.45, 2.75) is 89.4 Å². The number of allylic oxidation sites excluding steroid dienone is 3. The first kappa shape index (κ1) is 40.8. The Morgan fingerprint density at radius 3 is 2.63 bits per heavy atom. The summed E-state index contributed by atoms with van der Waals surface area (Å²) in [5.41, 5.74) is 1.86. The first-order chi connectivity index (χ1) is 27.6. The van der Waals surface area contributed by atoms with E-state index in [0.717, 1.165) is 60.6 Å². The van der Waals surface area contributed by atoms with Crippen molar-refractivity contribution in [2.75, 3.05) is 59.7 Å². The quantitative estimate of drug-likeness (QED) is 0.137. The van der Waals surface area contributed by atoms with Gasteiger partial charge in [0.2, 0.25) is 5.76 Å². The summed E-state index contributed by atoms with van der Waals surface area (Å²) in [6.07, 6.45) is 5.65. The van der Waals surface area contributed by atoms with Crippen molar-refractivity contribution >= 4 is 29.7 Å². The molecular formula is C44H54N2O11. The third-order valence-corrected chi connectivity index (χ3v) is 12.2. The molecule has 1 aliphatic carbocycles. The third kappa shape index (κ3) is 7.92. The lowest BCUT2D eigenvalue weighted by atomic mass is 9.75. The fourth-order valence-corrected chi connectivity index (χ4v) is 9.15. The Bertz CT molecular complexity index is 2080. The van der Waals surface area contributed by atoms with Gasteiger partial charge in [0, 0.05) is 63.2 Å². The highest BCUT2D eigenvalue weighted by molar-refractivity contribution is 6.11. The van der Waals surface area contributed by atoms with Crippen LogP contribution in [-0.4, -0.2) is 110 Å². The molecular weight excluding hydrogens is 732 g/mol. The smallest absolute Gasteiger partial charge is 0.375 e. The molecule has 2 aromatic carbocycles. The number of aliphatic hydroxyl groups is 3. The molecule has 5 aliphatic rings. The van der Waals surface area contributed by atoms with E-state index in [1.807, 2.05) is 24.3 Å². The molecule has 0 aromatic heterocycles. The molecule has 4 aliphatic heterocycles. The normalized spacial score (nSPS) is 23.0. The van der Waals surface area contributed by atoms with Gasteiger partial charge in [-0.05, 0) is 87.9 Å². The number of ketones is 1. The van der Waals surface area contributed by atoms with E-state index in [1.54, 1.807) is 21.0 Å². The molecule has 13 nitrogen and oxygen atoms in total. The Morgan fingerprint density at radius 1 is 1.11 bits per heavy atom. The van der Waals surface area contributed by atoms with Gasteiger partial charge in [-0.15, -0.1) is 0 Å². The number of benzene rings is 2. The summed E-state index contributed by atoms with van der Waals surface area (Å²) in [6, 6.07) is 5.84. The summed E-state index contributed by atoms with van der Waals surface area (Å²) in [5, 5.41) is 35.0. The van der Waals surface area contributed by atoms with Gasteiger partial charge in [0.15, 0.2) is 6.29 Å². The average Bonchev–Trinajstić information content (AvgIpc) is 3.89. The number of nitrogens with zero attached hydrogens (tertiary/aromatic N) is 2. The molecule has 0 bridgehead atoms. The van der Waals surface area contributed by atoms with Crippen LogP contribution < -0.4 is 24.8 Å². The SMILES string of the molecule is CCOC(=O)C1=C(C=O)C(=C2CCC(=O)C(c3ccc4c(c3)=CCN=4)C2)c2c(OCCCO)c3c(c(CO)c2O1)OC(C(C)(O)C1CCN(CCCOC)CC1)C3. The van der Waals surface area contributed by atoms with Gasteiger partial charge in [-0.3, -0.25) is 14.6 Å². The van der Waals surface area contributed by atoms with Crippen molar-refractivity contribution in [1.82, 2.24) is 4.90 Å². The van der Waals surface area contributed by atoms with E-state index < -0.39 is 30.2 Å². The van der Waals surface area contributed by atoms with Gasteiger partial charge >= 0.3 is 5.97 Å². The van der Waals surface area contributed by atoms with Crippen molar-refractivity contribution in [1.29, 1.82) is 0 Å². The van der Waals surface area contributed by atoms with Crippen LogP contribution in [0.2, 0.25) is 0 Å². The van der Waals surface area contributed by atoms with Crippen LogP contribution in [0.25, 0.3) is 11.6 Å².